The van der Waals surface area contributed by atoms with Gasteiger partial charge in [0.1, 0.15) is 0 Å². The standard InChI is InChI=1S/C14H24N4/c1-4-13(15)14-6-5-12(9-16-14)18-8-7-17(3)10-11(18)2/h5-6,9,11,13H,4,7-8,10,15H2,1-3H3/t11?,13-/m1/s1. The van der Waals surface area contributed by atoms with Gasteiger partial charge in [0.25, 0.3) is 0 Å². The van der Waals surface area contributed by atoms with E-state index in [-0.39, 0.29) is 6.04 Å². The van der Waals surface area contributed by atoms with E-state index < -0.39 is 0 Å². The maximum Gasteiger partial charge on any atom is 0.0572 e. The van der Waals surface area contributed by atoms with Crippen LogP contribution in [-0.2, 0) is 0 Å². The van der Waals surface area contributed by atoms with Gasteiger partial charge in [-0.05, 0) is 32.5 Å². The molecule has 1 aromatic heterocycles. The van der Waals surface area contributed by atoms with Gasteiger partial charge in [-0.15, -0.1) is 0 Å². The lowest BCUT2D eigenvalue weighted by Crippen LogP contribution is -2.50. The van der Waals surface area contributed by atoms with Gasteiger partial charge >= 0.3 is 0 Å². The summed E-state index contributed by atoms with van der Waals surface area (Å²) in [6, 6.07) is 4.81. The molecular formula is C14H24N4. The summed E-state index contributed by atoms with van der Waals surface area (Å²) < 4.78 is 0. The molecule has 1 fully saturated rings. The molecule has 18 heavy (non-hydrogen) atoms. The molecule has 0 bridgehead atoms. The van der Waals surface area contributed by atoms with Crippen molar-refractivity contribution in [1.82, 2.24) is 9.88 Å². The van der Waals surface area contributed by atoms with Gasteiger partial charge in [-0.25, -0.2) is 0 Å². The van der Waals surface area contributed by atoms with Crippen LogP contribution in [0.2, 0.25) is 0 Å². The van der Waals surface area contributed by atoms with Gasteiger partial charge in [0.2, 0.25) is 0 Å². The summed E-state index contributed by atoms with van der Waals surface area (Å²) in [5.74, 6) is 0. The predicted octanol–water partition coefficient (Wildman–Crippen LogP) is 1.63. The van der Waals surface area contributed by atoms with Crippen molar-refractivity contribution in [3.63, 3.8) is 0 Å². The molecule has 0 amide bonds. The van der Waals surface area contributed by atoms with Crippen molar-refractivity contribution in [3.05, 3.63) is 24.0 Å². The monoisotopic (exact) mass is 248 g/mol. The number of likely N-dealkylation sites (N-methyl/N-ethyl adjacent to an activating group) is 1. The highest BCUT2D eigenvalue weighted by Gasteiger charge is 2.21. The molecule has 1 aliphatic heterocycles. The normalized spacial score (nSPS) is 23.1. The van der Waals surface area contributed by atoms with Crippen LogP contribution in [0.3, 0.4) is 0 Å². The van der Waals surface area contributed by atoms with Crippen molar-refractivity contribution >= 4 is 5.69 Å². The van der Waals surface area contributed by atoms with Crippen molar-refractivity contribution in [1.29, 1.82) is 0 Å². The summed E-state index contributed by atoms with van der Waals surface area (Å²) in [6.07, 6.45) is 2.89. The van der Waals surface area contributed by atoms with E-state index in [4.69, 9.17) is 5.73 Å². The highest BCUT2D eigenvalue weighted by atomic mass is 15.3. The largest absolute Gasteiger partial charge is 0.365 e. The molecule has 100 valence electrons. The lowest BCUT2D eigenvalue weighted by atomic mass is 10.1. The average Bonchev–Trinajstić information content (AvgIpc) is 2.38. The van der Waals surface area contributed by atoms with Gasteiger partial charge < -0.3 is 15.5 Å². The first-order valence-corrected chi connectivity index (χ1v) is 6.78. The van der Waals surface area contributed by atoms with Crippen LogP contribution >= 0.6 is 0 Å². The minimum Gasteiger partial charge on any atom is -0.365 e. The van der Waals surface area contributed by atoms with Gasteiger partial charge in [-0.2, -0.15) is 0 Å². The van der Waals surface area contributed by atoms with Crippen LogP contribution in [0.15, 0.2) is 18.3 Å². The molecule has 2 N–H and O–H groups in total. The van der Waals surface area contributed by atoms with E-state index in [0.29, 0.717) is 6.04 Å². The first-order chi connectivity index (χ1) is 8.61. The second-order valence-corrected chi connectivity index (χ2v) is 5.26. The molecule has 1 saturated heterocycles. The highest BCUT2D eigenvalue weighted by Crippen LogP contribution is 2.21. The van der Waals surface area contributed by atoms with Crippen molar-refractivity contribution in [3.8, 4) is 0 Å². The quantitative estimate of drug-likeness (QED) is 0.883. The first-order valence-electron chi connectivity index (χ1n) is 6.78. The van der Waals surface area contributed by atoms with Crippen LogP contribution in [0.25, 0.3) is 0 Å². The molecular weight excluding hydrogens is 224 g/mol. The summed E-state index contributed by atoms with van der Waals surface area (Å²) in [6.45, 7) is 7.64. The Kier molecular flexibility index (Phi) is 4.19. The van der Waals surface area contributed by atoms with E-state index in [1.807, 2.05) is 6.20 Å². The molecule has 0 spiro atoms. The molecule has 4 nitrogen and oxygen atoms in total. The lowest BCUT2D eigenvalue weighted by Gasteiger charge is -2.39. The molecule has 1 unspecified atom stereocenters. The van der Waals surface area contributed by atoms with Crippen molar-refractivity contribution in [2.45, 2.75) is 32.4 Å². The predicted molar refractivity (Wildman–Crippen MR) is 75.8 cm³/mol. The van der Waals surface area contributed by atoms with Crippen molar-refractivity contribution < 1.29 is 0 Å². The molecule has 0 aromatic carbocycles. The van der Waals surface area contributed by atoms with E-state index in [1.165, 1.54) is 5.69 Å². The third-order valence-electron chi connectivity index (χ3n) is 3.75. The van der Waals surface area contributed by atoms with E-state index in [9.17, 15) is 0 Å². The molecule has 2 atom stereocenters. The third kappa shape index (κ3) is 2.82. The lowest BCUT2D eigenvalue weighted by molar-refractivity contribution is 0.275. The number of aromatic nitrogens is 1. The molecule has 1 aliphatic rings. The SMILES string of the molecule is CC[C@@H](N)c1ccc(N2CCN(C)CC2C)cn1. The Balaban J connectivity index is 2.09. The fourth-order valence-electron chi connectivity index (χ4n) is 2.52. The zero-order chi connectivity index (χ0) is 13.1. The molecule has 1 aromatic rings. The van der Waals surface area contributed by atoms with Gasteiger partial charge in [0.05, 0.1) is 17.6 Å². The summed E-state index contributed by atoms with van der Waals surface area (Å²) >= 11 is 0. The van der Waals surface area contributed by atoms with E-state index >= 15 is 0 Å². The zero-order valence-electron chi connectivity index (χ0n) is 11.6. The van der Waals surface area contributed by atoms with Crippen LogP contribution in [0.5, 0.6) is 0 Å². The second kappa shape index (κ2) is 5.67. The van der Waals surface area contributed by atoms with Crippen molar-refractivity contribution in [2.24, 2.45) is 5.73 Å². The number of anilines is 1. The second-order valence-electron chi connectivity index (χ2n) is 5.26. The van der Waals surface area contributed by atoms with Gasteiger partial charge in [0.15, 0.2) is 0 Å². The van der Waals surface area contributed by atoms with E-state index in [2.05, 4.69) is 47.8 Å². The molecule has 2 heterocycles. The Morgan fingerprint density at radius 2 is 2.22 bits per heavy atom. The van der Waals surface area contributed by atoms with E-state index in [0.717, 1.165) is 31.7 Å². The Labute approximate surface area is 110 Å². The number of hydrogen-bond donors (Lipinski definition) is 1. The summed E-state index contributed by atoms with van der Waals surface area (Å²) in [4.78, 5) is 9.29. The maximum absolute atomic E-state index is 5.99. The van der Waals surface area contributed by atoms with Gasteiger partial charge in [-0.1, -0.05) is 6.92 Å². The number of nitrogens with two attached hydrogens (primary N) is 1. The van der Waals surface area contributed by atoms with Crippen LogP contribution in [0, 0.1) is 0 Å². The van der Waals surface area contributed by atoms with Crippen molar-refractivity contribution in [2.75, 3.05) is 31.6 Å². The number of rotatable bonds is 3. The van der Waals surface area contributed by atoms with Crippen LogP contribution in [-0.4, -0.2) is 42.6 Å². The topological polar surface area (TPSA) is 45.4 Å². The van der Waals surface area contributed by atoms with Crippen LogP contribution in [0.1, 0.15) is 32.0 Å². The summed E-state index contributed by atoms with van der Waals surface area (Å²) in [7, 11) is 2.18. The Morgan fingerprint density at radius 1 is 1.44 bits per heavy atom. The Hall–Kier alpha value is -1.13. The fraction of sp³-hybridized carbons (Fsp3) is 0.643. The fourth-order valence-corrected chi connectivity index (χ4v) is 2.52. The minimum absolute atomic E-state index is 0.0592. The zero-order valence-corrected chi connectivity index (χ0v) is 11.6. The summed E-state index contributed by atoms with van der Waals surface area (Å²) in [5.41, 5.74) is 8.19. The van der Waals surface area contributed by atoms with Crippen LogP contribution < -0.4 is 10.6 Å². The minimum atomic E-state index is 0.0592. The molecule has 0 aliphatic carbocycles. The number of nitrogens with zero attached hydrogens (tertiary/aromatic N) is 3. The maximum atomic E-state index is 5.99. The van der Waals surface area contributed by atoms with E-state index in [1.54, 1.807) is 0 Å². The van der Waals surface area contributed by atoms with Gasteiger partial charge in [0, 0.05) is 31.7 Å². The molecule has 4 heteroatoms. The smallest absolute Gasteiger partial charge is 0.0572 e. The van der Waals surface area contributed by atoms with Crippen LogP contribution in [0.4, 0.5) is 5.69 Å². The molecule has 2 rings (SSSR count). The number of hydrogen-bond acceptors (Lipinski definition) is 4. The number of pyridine rings is 1. The molecule has 0 radical (unpaired) electrons. The Bertz CT molecular complexity index is 376. The first kappa shape index (κ1) is 13.3. The Morgan fingerprint density at radius 3 is 2.78 bits per heavy atom. The average molecular weight is 248 g/mol. The number of piperazine rings is 1. The molecule has 0 saturated carbocycles. The highest BCUT2D eigenvalue weighted by molar-refractivity contribution is 5.46. The third-order valence-corrected chi connectivity index (χ3v) is 3.75. The van der Waals surface area contributed by atoms with Gasteiger partial charge in [-0.3, -0.25) is 4.98 Å². The summed E-state index contributed by atoms with van der Waals surface area (Å²) in [5, 5.41) is 0.